The number of hydrogen-bond donors (Lipinski definition) is 1. The molecule has 0 aromatic carbocycles. The summed E-state index contributed by atoms with van der Waals surface area (Å²) in [5, 5.41) is 3.95. The summed E-state index contributed by atoms with van der Waals surface area (Å²) in [6, 6.07) is 0.368. The molecule has 0 bridgehead atoms. The smallest absolute Gasteiger partial charge is 0.137 e. The lowest BCUT2D eigenvalue weighted by Gasteiger charge is -2.03. The highest BCUT2D eigenvalue weighted by Crippen LogP contribution is 1.95. The fourth-order valence-corrected chi connectivity index (χ4v) is 0.577. The van der Waals surface area contributed by atoms with E-state index >= 15 is 0 Å². The van der Waals surface area contributed by atoms with Crippen molar-refractivity contribution in [3.63, 3.8) is 0 Å². The Bertz CT molecular complexity index is 157. The Balaban J connectivity index is 2.65. The molecule has 50 valence electrons. The van der Waals surface area contributed by atoms with Crippen LogP contribution in [0, 0.1) is 0 Å². The Morgan fingerprint density at radius 1 is 1.78 bits per heavy atom. The molecule has 1 atom stereocenters. The minimum atomic E-state index is 0.368. The zero-order valence-electron chi connectivity index (χ0n) is 5.49. The fourth-order valence-electron chi connectivity index (χ4n) is 0.577. The quantitative estimate of drug-likeness (QED) is 0.558. The first-order valence-electron chi connectivity index (χ1n) is 2.98. The second-order valence-corrected chi connectivity index (χ2v) is 2.01. The van der Waals surface area contributed by atoms with Gasteiger partial charge in [-0.3, -0.25) is 0 Å². The molecular weight excluding hydrogens is 116 g/mol. The van der Waals surface area contributed by atoms with Crippen LogP contribution in [0.15, 0.2) is 12.7 Å². The number of rotatable bonds is 2. The van der Waals surface area contributed by atoms with Crippen molar-refractivity contribution in [3.8, 4) is 0 Å². The topological polar surface area (TPSA) is 58.4 Å². The van der Waals surface area contributed by atoms with Crippen molar-refractivity contribution in [1.29, 1.82) is 0 Å². The number of nitrogens with zero attached hydrogens (tertiary/aromatic N) is 3. The molecule has 1 aromatic rings. The van der Waals surface area contributed by atoms with Crippen molar-refractivity contribution in [2.75, 3.05) is 6.54 Å². The zero-order chi connectivity index (χ0) is 6.69. The zero-order valence-corrected chi connectivity index (χ0v) is 5.49. The van der Waals surface area contributed by atoms with E-state index in [1.165, 1.54) is 6.33 Å². The molecule has 1 aromatic heterocycles. The molecule has 3 N–H and O–H groups in total. The molecule has 0 saturated carbocycles. The van der Waals surface area contributed by atoms with E-state index in [1.807, 2.05) is 0 Å². The predicted octanol–water partition coefficient (Wildman–Crippen LogP) is -0.919. The maximum absolute atomic E-state index is 3.95. The first-order valence-corrected chi connectivity index (χ1v) is 2.98. The molecule has 4 nitrogen and oxygen atoms in total. The maximum atomic E-state index is 3.95. The molecule has 1 rings (SSSR count). The van der Waals surface area contributed by atoms with Crippen molar-refractivity contribution in [3.05, 3.63) is 12.7 Å². The van der Waals surface area contributed by atoms with E-state index in [2.05, 4.69) is 22.7 Å². The minimum absolute atomic E-state index is 0.368. The first-order chi connectivity index (χ1) is 4.34. The molecule has 0 amide bonds. The van der Waals surface area contributed by atoms with Gasteiger partial charge in [-0.25, -0.2) is 9.67 Å². The van der Waals surface area contributed by atoms with Crippen LogP contribution in [0.1, 0.15) is 13.0 Å². The number of hydrogen-bond acceptors (Lipinski definition) is 2. The van der Waals surface area contributed by atoms with E-state index in [1.54, 1.807) is 11.0 Å². The van der Waals surface area contributed by atoms with E-state index < -0.39 is 0 Å². The van der Waals surface area contributed by atoms with Crippen LogP contribution in [-0.2, 0) is 0 Å². The molecule has 0 radical (unpaired) electrons. The van der Waals surface area contributed by atoms with E-state index in [-0.39, 0.29) is 0 Å². The van der Waals surface area contributed by atoms with Crippen LogP contribution < -0.4 is 5.73 Å². The van der Waals surface area contributed by atoms with Gasteiger partial charge in [-0.1, -0.05) is 0 Å². The summed E-state index contributed by atoms with van der Waals surface area (Å²) in [5.41, 5.74) is 3.75. The van der Waals surface area contributed by atoms with Crippen LogP contribution in [0.2, 0.25) is 0 Å². The van der Waals surface area contributed by atoms with Crippen LogP contribution in [0.3, 0.4) is 0 Å². The van der Waals surface area contributed by atoms with Gasteiger partial charge in [-0.05, 0) is 6.92 Å². The van der Waals surface area contributed by atoms with Crippen LogP contribution in [-0.4, -0.2) is 21.3 Å². The van der Waals surface area contributed by atoms with Crippen molar-refractivity contribution in [2.45, 2.75) is 13.0 Å². The summed E-state index contributed by atoms with van der Waals surface area (Å²) in [6.45, 7) is 2.91. The normalized spacial score (nSPS) is 13.6. The van der Waals surface area contributed by atoms with Crippen LogP contribution >= 0.6 is 0 Å². The molecular formula is C5H11N4+. The number of aromatic nitrogens is 3. The summed E-state index contributed by atoms with van der Waals surface area (Å²) >= 11 is 0. The van der Waals surface area contributed by atoms with Crippen LogP contribution in [0.4, 0.5) is 0 Å². The largest absolute Gasteiger partial charge is 0.356 e. The Hall–Kier alpha value is -0.900. The second kappa shape index (κ2) is 2.59. The Morgan fingerprint density at radius 3 is 3.00 bits per heavy atom. The summed E-state index contributed by atoms with van der Waals surface area (Å²) in [7, 11) is 0. The molecule has 0 aliphatic heterocycles. The Morgan fingerprint density at radius 2 is 2.56 bits per heavy atom. The highest BCUT2D eigenvalue weighted by atomic mass is 15.3. The molecule has 4 heteroatoms. The van der Waals surface area contributed by atoms with Gasteiger partial charge < -0.3 is 5.73 Å². The average Bonchev–Trinajstić information content (AvgIpc) is 2.37. The van der Waals surface area contributed by atoms with Gasteiger partial charge in [0.2, 0.25) is 0 Å². The molecule has 0 unspecified atom stereocenters. The third kappa shape index (κ3) is 1.26. The maximum Gasteiger partial charge on any atom is 0.137 e. The van der Waals surface area contributed by atoms with Crippen molar-refractivity contribution in [2.24, 2.45) is 0 Å². The summed E-state index contributed by atoms with van der Waals surface area (Å²) < 4.78 is 1.80. The molecule has 0 saturated heterocycles. The van der Waals surface area contributed by atoms with Gasteiger partial charge in [0.05, 0.1) is 12.6 Å². The Kier molecular flexibility index (Phi) is 1.79. The minimum Gasteiger partial charge on any atom is -0.356 e. The average molecular weight is 127 g/mol. The second-order valence-electron chi connectivity index (χ2n) is 2.01. The van der Waals surface area contributed by atoms with Gasteiger partial charge in [-0.15, -0.1) is 0 Å². The van der Waals surface area contributed by atoms with E-state index in [4.69, 9.17) is 0 Å². The third-order valence-corrected chi connectivity index (χ3v) is 1.31. The summed E-state index contributed by atoms with van der Waals surface area (Å²) in [5.74, 6) is 0. The molecule has 1 heterocycles. The lowest BCUT2D eigenvalue weighted by Crippen LogP contribution is -2.53. The molecule has 9 heavy (non-hydrogen) atoms. The number of quaternary nitrogens is 1. The van der Waals surface area contributed by atoms with Crippen LogP contribution in [0.5, 0.6) is 0 Å². The van der Waals surface area contributed by atoms with Gasteiger partial charge >= 0.3 is 0 Å². The van der Waals surface area contributed by atoms with E-state index in [0.717, 1.165) is 6.54 Å². The van der Waals surface area contributed by atoms with Gasteiger partial charge in [-0.2, -0.15) is 5.10 Å². The highest BCUT2D eigenvalue weighted by Gasteiger charge is 2.01. The van der Waals surface area contributed by atoms with Crippen molar-refractivity contribution < 1.29 is 5.73 Å². The monoisotopic (exact) mass is 127 g/mol. The standard InChI is InChI=1S/C5H10N4/c1-5(2-6)9-4-7-3-8-9/h3-5H,2,6H2,1H3/p+1/t5-/m1/s1. The predicted molar refractivity (Wildman–Crippen MR) is 32.5 cm³/mol. The van der Waals surface area contributed by atoms with E-state index in [9.17, 15) is 0 Å². The summed E-state index contributed by atoms with van der Waals surface area (Å²) in [6.07, 6.45) is 3.24. The third-order valence-electron chi connectivity index (χ3n) is 1.31. The highest BCUT2D eigenvalue weighted by molar-refractivity contribution is 4.62. The lowest BCUT2D eigenvalue weighted by molar-refractivity contribution is -0.376. The lowest BCUT2D eigenvalue weighted by atomic mass is 10.4. The van der Waals surface area contributed by atoms with Gasteiger partial charge in [0, 0.05) is 0 Å². The van der Waals surface area contributed by atoms with Gasteiger partial charge in [0.25, 0.3) is 0 Å². The molecule has 0 spiro atoms. The molecule has 0 aliphatic carbocycles. The van der Waals surface area contributed by atoms with Crippen molar-refractivity contribution >= 4 is 0 Å². The summed E-state index contributed by atoms with van der Waals surface area (Å²) in [4.78, 5) is 3.82. The SMILES string of the molecule is C[C@H](C[NH3+])n1cncn1. The van der Waals surface area contributed by atoms with Gasteiger partial charge in [0.1, 0.15) is 12.7 Å². The van der Waals surface area contributed by atoms with Gasteiger partial charge in [0.15, 0.2) is 0 Å². The van der Waals surface area contributed by atoms with Crippen LogP contribution in [0.25, 0.3) is 0 Å². The fraction of sp³-hybridized carbons (Fsp3) is 0.600. The van der Waals surface area contributed by atoms with E-state index in [0.29, 0.717) is 6.04 Å². The van der Waals surface area contributed by atoms with Crippen molar-refractivity contribution in [1.82, 2.24) is 14.8 Å². The molecule has 0 fully saturated rings. The first kappa shape index (κ1) is 6.22. The molecule has 0 aliphatic rings. The Labute approximate surface area is 53.7 Å².